The van der Waals surface area contributed by atoms with Gasteiger partial charge >= 0.3 is 0 Å². The topological polar surface area (TPSA) is 64.0 Å². The zero-order chi connectivity index (χ0) is 18.1. The molecular weight excluding hydrogens is 354 g/mol. The van der Waals surface area contributed by atoms with Crippen LogP contribution < -0.4 is 10.9 Å². The molecule has 0 spiro atoms. The van der Waals surface area contributed by atoms with E-state index in [0.717, 1.165) is 22.4 Å². The van der Waals surface area contributed by atoms with E-state index in [-0.39, 0.29) is 18.0 Å². The molecule has 0 radical (unpaired) electrons. The smallest absolute Gasteiger partial charge is 0.272 e. The summed E-state index contributed by atoms with van der Waals surface area (Å²) in [7, 11) is 0. The number of rotatable bonds is 4. The lowest BCUT2D eigenvalue weighted by Crippen LogP contribution is -2.29. The van der Waals surface area contributed by atoms with Crippen molar-refractivity contribution in [1.82, 2.24) is 9.55 Å². The Bertz CT molecular complexity index is 998. The van der Waals surface area contributed by atoms with Crippen LogP contribution in [0.25, 0.3) is 10.2 Å². The third-order valence-corrected chi connectivity index (χ3v) is 5.53. The number of benzene rings is 1. The zero-order valence-electron chi connectivity index (χ0n) is 14.5. The summed E-state index contributed by atoms with van der Waals surface area (Å²) >= 11 is 2.71. The molecule has 2 heterocycles. The molecule has 0 fully saturated rings. The van der Waals surface area contributed by atoms with Gasteiger partial charge in [0.15, 0.2) is 5.16 Å². The number of thioether (sulfide) groups is 1. The monoisotopic (exact) mass is 373 g/mol. The highest BCUT2D eigenvalue weighted by atomic mass is 32.2. The molecule has 130 valence electrons. The van der Waals surface area contributed by atoms with Crippen LogP contribution in [0.1, 0.15) is 16.7 Å². The van der Waals surface area contributed by atoms with E-state index in [9.17, 15) is 9.59 Å². The first-order valence-corrected chi connectivity index (χ1v) is 9.91. The van der Waals surface area contributed by atoms with Gasteiger partial charge in [0.1, 0.15) is 11.2 Å². The summed E-state index contributed by atoms with van der Waals surface area (Å²) in [4.78, 5) is 29.7. The Kier molecular flexibility index (Phi) is 4.96. The molecule has 3 rings (SSSR count). The minimum absolute atomic E-state index is 0.0530. The second-order valence-corrected chi connectivity index (χ2v) is 7.64. The molecule has 0 aliphatic heterocycles. The normalized spacial score (nSPS) is 11.0. The fraction of sp³-hybridized carbons (Fsp3) is 0.278. The Morgan fingerprint density at radius 3 is 2.60 bits per heavy atom. The minimum atomic E-state index is -0.231. The van der Waals surface area contributed by atoms with Crippen LogP contribution in [0.3, 0.4) is 0 Å². The molecule has 0 saturated carbocycles. The fourth-order valence-corrected chi connectivity index (χ4v) is 4.25. The molecule has 0 saturated heterocycles. The van der Waals surface area contributed by atoms with Gasteiger partial charge in [0.2, 0.25) is 5.91 Å². The lowest BCUT2D eigenvalue weighted by atomic mass is 10.1. The predicted octanol–water partition coefficient (Wildman–Crippen LogP) is 3.74. The number of nitrogens with zero attached hydrogens (tertiary/aromatic N) is 2. The number of nitrogens with one attached hydrogen (secondary N) is 1. The van der Waals surface area contributed by atoms with Crippen LogP contribution in [0.15, 0.2) is 33.5 Å². The standard InChI is InChI=1S/C18H19N3O2S2/c1-10-7-11(2)15(12(3)8-10)20-14(22)9-21-17(23)16-13(5-6-25-16)19-18(21)24-4/h5-8H,9H2,1-4H3,(H,20,22). The highest BCUT2D eigenvalue weighted by molar-refractivity contribution is 7.98. The van der Waals surface area contributed by atoms with Gasteiger partial charge in [0.25, 0.3) is 5.56 Å². The number of carbonyl (C=O) groups is 1. The van der Waals surface area contributed by atoms with E-state index in [4.69, 9.17) is 0 Å². The van der Waals surface area contributed by atoms with Crippen molar-refractivity contribution in [2.75, 3.05) is 11.6 Å². The number of thiophene rings is 1. The first kappa shape index (κ1) is 17.7. The van der Waals surface area contributed by atoms with Crippen molar-refractivity contribution in [1.29, 1.82) is 0 Å². The second kappa shape index (κ2) is 7.01. The van der Waals surface area contributed by atoms with Crippen LogP contribution >= 0.6 is 23.1 Å². The van der Waals surface area contributed by atoms with Crippen molar-refractivity contribution in [3.63, 3.8) is 0 Å². The van der Waals surface area contributed by atoms with Crippen LogP contribution in [-0.4, -0.2) is 21.7 Å². The highest BCUT2D eigenvalue weighted by Gasteiger charge is 2.15. The van der Waals surface area contributed by atoms with E-state index in [1.165, 1.54) is 27.7 Å². The van der Waals surface area contributed by atoms with Gasteiger partial charge in [-0.05, 0) is 49.6 Å². The lowest BCUT2D eigenvalue weighted by molar-refractivity contribution is -0.116. The van der Waals surface area contributed by atoms with Crippen LogP contribution in [0, 0.1) is 20.8 Å². The molecule has 0 bridgehead atoms. The van der Waals surface area contributed by atoms with Crippen molar-refractivity contribution >= 4 is 44.9 Å². The number of anilines is 1. The Morgan fingerprint density at radius 2 is 1.96 bits per heavy atom. The number of hydrogen-bond donors (Lipinski definition) is 1. The molecule has 5 nitrogen and oxygen atoms in total. The first-order valence-electron chi connectivity index (χ1n) is 7.80. The third kappa shape index (κ3) is 3.48. The number of aryl methyl sites for hydroxylation is 3. The summed E-state index contributed by atoms with van der Waals surface area (Å²) in [5.74, 6) is -0.231. The molecule has 1 amide bonds. The van der Waals surface area contributed by atoms with Crippen molar-refractivity contribution < 1.29 is 4.79 Å². The average molecular weight is 374 g/mol. The summed E-state index contributed by atoms with van der Waals surface area (Å²) in [6.07, 6.45) is 1.85. The minimum Gasteiger partial charge on any atom is -0.324 e. The van der Waals surface area contributed by atoms with Crippen LogP contribution in [0.2, 0.25) is 0 Å². The number of fused-ring (bicyclic) bond motifs is 1. The number of hydrogen-bond acceptors (Lipinski definition) is 5. The summed E-state index contributed by atoms with van der Waals surface area (Å²) in [5, 5.41) is 5.33. The molecule has 7 heteroatoms. The summed E-state index contributed by atoms with van der Waals surface area (Å²) < 4.78 is 2.02. The maximum absolute atomic E-state index is 12.7. The summed E-state index contributed by atoms with van der Waals surface area (Å²) in [6.45, 7) is 5.91. The molecular formula is C18H19N3O2S2. The third-order valence-electron chi connectivity index (χ3n) is 3.96. The van der Waals surface area contributed by atoms with Gasteiger partial charge in [-0.15, -0.1) is 11.3 Å². The Labute approximate surface area is 154 Å². The quantitative estimate of drug-likeness (QED) is 0.559. The number of carbonyl (C=O) groups excluding carboxylic acids is 1. The summed E-state index contributed by atoms with van der Waals surface area (Å²) in [6, 6.07) is 5.88. The van der Waals surface area contributed by atoms with Crippen molar-refractivity contribution in [3.8, 4) is 0 Å². The molecule has 0 aliphatic rings. The van der Waals surface area contributed by atoms with Gasteiger partial charge in [-0.1, -0.05) is 29.5 Å². The van der Waals surface area contributed by atoms with E-state index in [1.807, 2.05) is 50.6 Å². The number of amides is 1. The molecule has 0 aliphatic carbocycles. The second-order valence-electron chi connectivity index (χ2n) is 5.95. The number of aromatic nitrogens is 2. The maximum atomic E-state index is 12.7. The van der Waals surface area contributed by atoms with E-state index in [0.29, 0.717) is 15.4 Å². The Balaban J connectivity index is 1.93. The molecule has 0 unspecified atom stereocenters. The Morgan fingerprint density at radius 1 is 1.28 bits per heavy atom. The van der Waals surface area contributed by atoms with Gasteiger partial charge in [-0.25, -0.2) is 4.98 Å². The molecule has 3 aromatic rings. The van der Waals surface area contributed by atoms with E-state index >= 15 is 0 Å². The van der Waals surface area contributed by atoms with Crippen LogP contribution in [-0.2, 0) is 11.3 Å². The lowest BCUT2D eigenvalue weighted by Gasteiger charge is -2.14. The van der Waals surface area contributed by atoms with E-state index < -0.39 is 0 Å². The van der Waals surface area contributed by atoms with Gasteiger partial charge < -0.3 is 5.32 Å². The summed E-state index contributed by atoms with van der Waals surface area (Å²) in [5.41, 5.74) is 4.49. The zero-order valence-corrected chi connectivity index (χ0v) is 16.2. The van der Waals surface area contributed by atoms with E-state index in [2.05, 4.69) is 10.3 Å². The molecule has 1 aromatic carbocycles. The van der Waals surface area contributed by atoms with Gasteiger partial charge in [0.05, 0.1) is 5.52 Å². The van der Waals surface area contributed by atoms with E-state index in [1.54, 1.807) is 0 Å². The van der Waals surface area contributed by atoms with Crippen molar-refractivity contribution in [2.24, 2.45) is 0 Å². The van der Waals surface area contributed by atoms with Gasteiger partial charge in [-0.3, -0.25) is 14.2 Å². The van der Waals surface area contributed by atoms with Gasteiger partial charge in [-0.2, -0.15) is 0 Å². The largest absolute Gasteiger partial charge is 0.324 e. The van der Waals surface area contributed by atoms with Crippen molar-refractivity contribution in [3.05, 3.63) is 50.6 Å². The maximum Gasteiger partial charge on any atom is 0.272 e. The molecule has 2 aromatic heterocycles. The molecule has 0 atom stereocenters. The first-order chi connectivity index (χ1) is 11.9. The van der Waals surface area contributed by atoms with Crippen LogP contribution in [0.5, 0.6) is 0 Å². The Hall–Kier alpha value is -2.12. The van der Waals surface area contributed by atoms with Gasteiger partial charge in [0, 0.05) is 5.69 Å². The fourth-order valence-electron chi connectivity index (χ4n) is 2.92. The molecule has 1 N–H and O–H groups in total. The highest BCUT2D eigenvalue weighted by Crippen LogP contribution is 2.23. The molecule has 25 heavy (non-hydrogen) atoms. The SMILES string of the molecule is CSc1nc2ccsc2c(=O)n1CC(=O)Nc1c(C)cc(C)cc1C. The van der Waals surface area contributed by atoms with Crippen molar-refractivity contribution in [2.45, 2.75) is 32.5 Å². The van der Waals surface area contributed by atoms with Crippen LogP contribution in [0.4, 0.5) is 5.69 Å². The predicted molar refractivity (Wildman–Crippen MR) is 105 cm³/mol. The average Bonchev–Trinajstić information content (AvgIpc) is 3.02.